The van der Waals surface area contributed by atoms with Gasteiger partial charge in [0, 0.05) is 6.42 Å². The van der Waals surface area contributed by atoms with Crippen molar-refractivity contribution in [2.75, 3.05) is 0 Å². The minimum atomic E-state index is -0.616. The van der Waals surface area contributed by atoms with Gasteiger partial charge in [-0.1, -0.05) is 19.9 Å². The normalized spacial score (nSPS) is 32.5. The van der Waals surface area contributed by atoms with Gasteiger partial charge >= 0.3 is 0 Å². The lowest BCUT2D eigenvalue weighted by Crippen LogP contribution is -2.43. The zero-order chi connectivity index (χ0) is 13.3. The van der Waals surface area contributed by atoms with Gasteiger partial charge in [-0.05, 0) is 61.3 Å². The summed E-state index contributed by atoms with van der Waals surface area (Å²) < 4.78 is 13.1. The predicted octanol–water partition coefficient (Wildman–Crippen LogP) is 3.86. The van der Waals surface area contributed by atoms with Gasteiger partial charge in [0.1, 0.15) is 5.82 Å². The van der Waals surface area contributed by atoms with Gasteiger partial charge in [0.15, 0.2) is 0 Å². The minimum absolute atomic E-state index is 0.200. The Hall–Kier alpha value is -0.890. The summed E-state index contributed by atoms with van der Waals surface area (Å²) >= 11 is 0. The van der Waals surface area contributed by atoms with Crippen molar-refractivity contribution in [1.29, 1.82) is 0 Å². The molecule has 1 N–H and O–H groups in total. The Morgan fingerprint density at radius 2 is 2.11 bits per heavy atom. The van der Waals surface area contributed by atoms with Gasteiger partial charge in [0.25, 0.3) is 0 Å². The molecule has 3 atom stereocenters. The second-order valence-corrected chi connectivity index (χ2v) is 6.13. The van der Waals surface area contributed by atoms with Crippen LogP contribution < -0.4 is 0 Å². The molecule has 0 radical (unpaired) electrons. The average Bonchev–Trinajstić information content (AvgIpc) is 2.29. The summed E-state index contributed by atoms with van der Waals surface area (Å²) in [5.41, 5.74) is 1.39. The molecule has 1 aromatic carbocycles. The third-order valence-corrected chi connectivity index (χ3v) is 4.54. The van der Waals surface area contributed by atoms with Crippen molar-refractivity contribution in [2.24, 2.45) is 11.8 Å². The number of aryl methyl sites for hydroxylation is 1. The van der Waals surface area contributed by atoms with Gasteiger partial charge in [-0.15, -0.1) is 0 Å². The molecule has 1 nitrogen and oxygen atoms in total. The lowest BCUT2D eigenvalue weighted by molar-refractivity contribution is -0.0523. The molecule has 18 heavy (non-hydrogen) atoms. The smallest absolute Gasteiger partial charge is 0.123 e. The molecule has 3 unspecified atom stereocenters. The van der Waals surface area contributed by atoms with Crippen molar-refractivity contribution >= 4 is 0 Å². The molecule has 0 saturated heterocycles. The maximum absolute atomic E-state index is 13.1. The molecule has 1 fully saturated rings. The van der Waals surface area contributed by atoms with Gasteiger partial charge < -0.3 is 5.11 Å². The Labute approximate surface area is 109 Å². The Morgan fingerprint density at radius 3 is 2.72 bits per heavy atom. The molecular weight excluding hydrogens is 227 g/mol. The molecular formula is C16H23FO. The van der Waals surface area contributed by atoms with Crippen LogP contribution in [0.4, 0.5) is 4.39 Å². The van der Waals surface area contributed by atoms with Crippen molar-refractivity contribution < 1.29 is 9.50 Å². The first kappa shape index (κ1) is 13.5. The topological polar surface area (TPSA) is 20.2 Å². The van der Waals surface area contributed by atoms with E-state index in [1.54, 1.807) is 6.07 Å². The molecule has 0 bridgehead atoms. The minimum Gasteiger partial charge on any atom is -0.389 e. The molecule has 1 aliphatic carbocycles. The lowest BCUT2D eigenvalue weighted by atomic mass is 9.69. The van der Waals surface area contributed by atoms with Crippen LogP contribution in [0.3, 0.4) is 0 Å². The second kappa shape index (κ2) is 5.00. The molecule has 0 aliphatic heterocycles. The highest BCUT2D eigenvalue weighted by Gasteiger charge is 2.38. The third-order valence-electron chi connectivity index (χ3n) is 4.54. The summed E-state index contributed by atoms with van der Waals surface area (Å²) in [7, 11) is 0. The number of hydrogen-bond acceptors (Lipinski definition) is 1. The fourth-order valence-corrected chi connectivity index (χ4v) is 3.13. The van der Waals surface area contributed by atoms with Crippen molar-refractivity contribution in [2.45, 2.75) is 52.1 Å². The fourth-order valence-electron chi connectivity index (χ4n) is 3.13. The SMILES string of the molecule is Cc1cc(F)ccc1CC1(O)CCC(C)CC1C. The van der Waals surface area contributed by atoms with E-state index in [4.69, 9.17) is 0 Å². The Bertz CT molecular complexity index is 429. The van der Waals surface area contributed by atoms with Crippen LogP contribution >= 0.6 is 0 Å². The Balaban J connectivity index is 2.17. The summed E-state index contributed by atoms with van der Waals surface area (Å²) in [4.78, 5) is 0. The summed E-state index contributed by atoms with van der Waals surface area (Å²) in [6.07, 6.45) is 3.66. The zero-order valence-electron chi connectivity index (χ0n) is 11.5. The number of halogens is 1. The van der Waals surface area contributed by atoms with E-state index in [-0.39, 0.29) is 5.82 Å². The quantitative estimate of drug-likeness (QED) is 0.845. The standard InChI is InChI=1S/C16H23FO/c1-11-6-7-16(18,13(3)8-11)10-14-4-5-15(17)9-12(14)2/h4-5,9,11,13,18H,6-8,10H2,1-3H3. The maximum atomic E-state index is 13.1. The monoisotopic (exact) mass is 250 g/mol. The molecule has 0 heterocycles. The molecule has 2 rings (SSSR count). The van der Waals surface area contributed by atoms with Crippen LogP contribution in [0.1, 0.15) is 44.2 Å². The number of hydrogen-bond donors (Lipinski definition) is 1. The number of benzene rings is 1. The van der Waals surface area contributed by atoms with Crippen molar-refractivity contribution in [3.05, 3.63) is 35.1 Å². The van der Waals surface area contributed by atoms with Gasteiger partial charge in [0.2, 0.25) is 0 Å². The van der Waals surface area contributed by atoms with Crippen molar-refractivity contribution in [3.8, 4) is 0 Å². The average molecular weight is 250 g/mol. The summed E-state index contributed by atoms with van der Waals surface area (Å²) in [5.74, 6) is 0.814. The molecule has 1 aromatic rings. The van der Waals surface area contributed by atoms with E-state index < -0.39 is 5.60 Å². The highest BCUT2D eigenvalue weighted by molar-refractivity contribution is 5.28. The first-order chi connectivity index (χ1) is 8.40. The summed E-state index contributed by atoms with van der Waals surface area (Å²) in [5, 5.41) is 10.8. The highest BCUT2D eigenvalue weighted by Crippen LogP contribution is 2.39. The molecule has 1 saturated carbocycles. The fraction of sp³-hybridized carbons (Fsp3) is 0.625. The summed E-state index contributed by atoms with van der Waals surface area (Å²) in [6.45, 7) is 6.30. The van der Waals surface area contributed by atoms with Crippen LogP contribution in [0.25, 0.3) is 0 Å². The molecule has 0 aromatic heterocycles. The van der Waals surface area contributed by atoms with E-state index >= 15 is 0 Å². The van der Waals surface area contributed by atoms with Crippen LogP contribution in [0.15, 0.2) is 18.2 Å². The molecule has 1 aliphatic rings. The van der Waals surface area contributed by atoms with E-state index in [1.165, 1.54) is 6.07 Å². The van der Waals surface area contributed by atoms with E-state index in [1.807, 2.05) is 13.0 Å². The molecule has 0 amide bonds. The maximum Gasteiger partial charge on any atom is 0.123 e. The Kier molecular flexibility index (Phi) is 3.76. The number of aliphatic hydroxyl groups is 1. The van der Waals surface area contributed by atoms with Gasteiger partial charge in [-0.2, -0.15) is 0 Å². The van der Waals surface area contributed by atoms with Crippen LogP contribution in [0, 0.1) is 24.6 Å². The van der Waals surface area contributed by atoms with Gasteiger partial charge in [0.05, 0.1) is 5.60 Å². The predicted molar refractivity (Wildman–Crippen MR) is 72.0 cm³/mol. The van der Waals surface area contributed by atoms with Crippen LogP contribution in [0.5, 0.6) is 0 Å². The van der Waals surface area contributed by atoms with E-state index in [2.05, 4.69) is 13.8 Å². The second-order valence-electron chi connectivity index (χ2n) is 6.13. The lowest BCUT2D eigenvalue weighted by Gasteiger charge is -2.41. The highest BCUT2D eigenvalue weighted by atomic mass is 19.1. The van der Waals surface area contributed by atoms with E-state index in [0.717, 1.165) is 30.4 Å². The van der Waals surface area contributed by atoms with Gasteiger partial charge in [-0.25, -0.2) is 4.39 Å². The molecule has 0 spiro atoms. The van der Waals surface area contributed by atoms with Crippen LogP contribution in [0.2, 0.25) is 0 Å². The van der Waals surface area contributed by atoms with Crippen LogP contribution in [-0.4, -0.2) is 10.7 Å². The van der Waals surface area contributed by atoms with Crippen LogP contribution in [-0.2, 0) is 6.42 Å². The zero-order valence-corrected chi connectivity index (χ0v) is 11.5. The van der Waals surface area contributed by atoms with E-state index in [0.29, 0.717) is 18.3 Å². The molecule has 100 valence electrons. The summed E-state index contributed by atoms with van der Waals surface area (Å²) in [6, 6.07) is 4.85. The van der Waals surface area contributed by atoms with Crippen molar-refractivity contribution in [1.82, 2.24) is 0 Å². The largest absolute Gasteiger partial charge is 0.389 e. The van der Waals surface area contributed by atoms with Gasteiger partial charge in [-0.3, -0.25) is 0 Å². The van der Waals surface area contributed by atoms with Crippen molar-refractivity contribution in [3.63, 3.8) is 0 Å². The van der Waals surface area contributed by atoms with E-state index in [9.17, 15) is 9.50 Å². The molecule has 2 heteroatoms. The first-order valence-corrected chi connectivity index (χ1v) is 6.88. The Morgan fingerprint density at radius 1 is 1.39 bits per heavy atom. The first-order valence-electron chi connectivity index (χ1n) is 6.88. The third kappa shape index (κ3) is 2.74. The number of rotatable bonds is 2.